The number of ether oxygens (including phenoxy) is 2. The molecule has 7 heteroatoms. The fraction of sp³-hybridized carbons (Fsp3) is 0.727. The van der Waals surface area contributed by atoms with Crippen molar-refractivity contribution in [2.24, 2.45) is 5.73 Å². The molecule has 0 aromatic rings. The van der Waals surface area contributed by atoms with Crippen molar-refractivity contribution >= 4 is 18.0 Å². The highest BCUT2D eigenvalue weighted by molar-refractivity contribution is 5.84. The molecule has 2 amide bonds. The van der Waals surface area contributed by atoms with Gasteiger partial charge < -0.3 is 20.5 Å². The second-order valence-corrected chi connectivity index (χ2v) is 4.72. The predicted molar refractivity (Wildman–Crippen MR) is 63.6 cm³/mol. The third-order valence-electron chi connectivity index (χ3n) is 1.90. The van der Waals surface area contributed by atoms with Gasteiger partial charge >= 0.3 is 12.1 Å². The van der Waals surface area contributed by atoms with Gasteiger partial charge in [0.2, 0.25) is 5.91 Å². The Morgan fingerprint density at radius 2 is 1.83 bits per heavy atom. The number of hydrogen-bond donors (Lipinski definition) is 2. The first kappa shape index (κ1) is 16.2. The summed E-state index contributed by atoms with van der Waals surface area (Å²) < 4.78 is 9.41. The van der Waals surface area contributed by atoms with Gasteiger partial charge in [0.25, 0.3) is 0 Å². The number of alkyl carbamates (subject to hydrolysis) is 1. The second kappa shape index (κ2) is 6.83. The molecule has 1 atom stereocenters. The molecule has 0 radical (unpaired) electrons. The number of primary amides is 1. The molecule has 0 spiro atoms. The number of amides is 2. The third-order valence-corrected chi connectivity index (χ3v) is 1.90. The molecule has 7 nitrogen and oxygen atoms in total. The van der Waals surface area contributed by atoms with Crippen LogP contribution in [0.4, 0.5) is 4.79 Å². The minimum absolute atomic E-state index is 0.0140. The molecule has 0 rings (SSSR count). The van der Waals surface area contributed by atoms with Crippen LogP contribution in [-0.2, 0) is 19.1 Å². The smallest absolute Gasteiger partial charge is 0.408 e. The lowest BCUT2D eigenvalue weighted by Crippen LogP contribution is -2.46. The molecular formula is C11H20N2O5. The Hall–Kier alpha value is -1.79. The molecule has 0 unspecified atom stereocenters. The Bertz CT molecular complexity index is 322. The van der Waals surface area contributed by atoms with Crippen molar-refractivity contribution in [3.05, 3.63) is 0 Å². The van der Waals surface area contributed by atoms with E-state index >= 15 is 0 Å². The maximum Gasteiger partial charge on any atom is 0.408 e. The van der Waals surface area contributed by atoms with Gasteiger partial charge in [0.05, 0.1) is 7.11 Å². The van der Waals surface area contributed by atoms with Crippen molar-refractivity contribution in [2.45, 2.75) is 45.3 Å². The summed E-state index contributed by atoms with van der Waals surface area (Å²) in [5, 5.41) is 2.31. The molecule has 3 N–H and O–H groups in total. The standard InChI is InChI=1S/C11H20N2O5/c1-11(2,3)18-10(16)13-7(9(12)15)5-6-8(14)17-4/h7H,5-6H2,1-4H3,(H2,12,15)(H,13,16)/t7-/m0/s1. The number of carbonyl (C=O) groups excluding carboxylic acids is 3. The Labute approximate surface area is 106 Å². The molecule has 0 aliphatic heterocycles. The first-order valence-electron chi connectivity index (χ1n) is 5.51. The fourth-order valence-corrected chi connectivity index (χ4v) is 1.10. The Kier molecular flexibility index (Phi) is 6.15. The van der Waals surface area contributed by atoms with Gasteiger partial charge in [-0.3, -0.25) is 9.59 Å². The average Bonchev–Trinajstić information content (AvgIpc) is 2.20. The molecule has 0 saturated heterocycles. The number of hydrogen-bond acceptors (Lipinski definition) is 5. The summed E-state index contributed by atoms with van der Waals surface area (Å²) >= 11 is 0. The second-order valence-electron chi connectivity index (χ2n) is 4.72. The van der Waals surface area contributed by atoms with E-state index in [4.69, 9.17) is 10.5 Å². The van der Waals surface area contributed by atoms with Crippen LogP contribution >= 0.6 is 0 Å². The summed E-state index contributed by atoms with van der Waals surface area (Å²) in [7, 11) is 1.24. The zero-order valence-electron chi connectivity index (χ0n) is 11.1. The maximum absolute atomic E-state index is 11.4. The Balaban J connectivity index is 4.32. The van der Waals surface area contributed by atoms with E-state index < -0.39 is 29.6 Å². The van der Waals surface area contributed by atoms with Crippen molar-refractivity contribution in [2.75, 3.05) is 7.11 Å². The van der Waals surface area contributed by atoms with E-state index in [-0.39, 0.29) is 12.8 Å². The van der Waals surface area contributed by atoms with Crippen LogP contribution in [0.25, 0.3) is 0 Å². The van der Waals surface area contributed by atoms with Gasteiger partial charge in [0.1, 0.15) is 11.6 Å². The first-order valence-corrected chi connectivity index (χ1v) is 5.51. The van der Waals surface area contributed by atoms with Crippen LogP contribution in [0.15, 0.2) is 0 Å². The number of esters is 1. The molecule has 104 valence electrons. The molecule has 18 heavy (non-hydrogen) atoms. The van der Waals surface area contributed by atoms with Gasteiger partial charge in [-0.2, -0.15) is 0 Å². The fourth-order valence-electron chi connectivity index (χ4n) is 1.10. The summed E-state index contributed by atoms with van der Waals surface area (Å²) in [5.74, 6) is -1.21. The van der Waals surface area contributed by atoms with E-state index in [0.29, 0.717) is 0 Å². The molecule has 0 heterocycles. The summed E-state index contributed by atoms with van der Waals surface area (Å²) in [6.45, 7) is 5.08. The maximum atomic E-state index is 11.4. The van der Waals surface area contributed by atoms with Crippen LogP contribution < -0.4 is 11.1 Å². The van der Waals surface area contributed by atoms with Crippen LogP contribution in [-0.4, -0.2) is 36.7 Å². The van der Waals surface area contributed by atoms with Crippen LogP contribution in [0.5, 0.6) is 0 Å². The number of methoxy groups -OCH3 is 1. The third kappa shape index (κ3) is 7.48. The molecule has 0 aliphatic carbocycles. The molecule has 0 bridgehead atoms. The molecule has 0 aliphatic rings. The number of carbonyl (C=O) groups is 3. The SMILES string of the molecule is COC(=O)CC[C@H](NC(=O)OC(C)(C)C)C(N)=O. The highest BCUT2D eigenvalue weighted by Crippen LogP contribution is 2.07. The quantitative estimate of drug-likeness (QED) is 0.692. The summed E-state index contributed by atoms with van der Waals surface area (Å²) in [5.41, 5.74) is 4.44. The van der Waals surface area contributed by atoms with Crippen molar-refractivity contribution in [3.63, 3.8) is 0 Å². The molecule has 0 saturated carbocycles. The van der Waals surface area contributed by atoms with Crippen LogP contribution in [0, 0.1) is 0 Å². The van der Waals surface area contributed by atoms with E-state index in [2.05, 4.69) is 10.1 Å². The lowest BCUT2D eigenvalue weighted by Gasteiger charge is -2.22. The Morgan fingerprint density at radius 1 is 1.28 bits per heavy atom. The highest BCUT2D eigenvalue weighted by Gasteiger charge is 2.23. The van der Waals surface area contributed by atoms with E-state index in [1.807, 2.05) is 0 Å². The van der Waals surface area contributed by atoms with E-state index in [0.717, 1.165) is 0 Å². The topological polar surface area (TPSA) is 108 Å². The Morgan fingerprint density at radius 3 is 2.22 bits per heavy atom. The average molecular weight is 260 g/mol. The minimum atomic E-state index is -0.959. The lowest BCUT2D eigenvalue weighted by molar-refractivity contribution is -0.140. The molecule has 0 fully saturated rings. The summed E-state index contributed by atoms with van der Waals surface area (Å²) in [4.78, 5) is 33.5. The number of rotatable bonds is 5. The minimum Gasteiger partial charge on any atom is -0.469 e. The first-order chi connectivity index (χ1) is 8.15. The highest BCUT2D eigenvalue weighted by atomic mass is 16.6. The van der Waals surface area contributed by atoms with Crippen molar-refractivity contribution < 1.29 is 23.9 Å². The summed E-state index contributed by atoms with van der Waals surface area (Å²) in [6.07, 6.45) is -0.697. The van der Waals surface area contributed by atoms with Gasteiger partial charge in [-0.1, -0.05) is 0 Å². The van der Waals surface area contributed by atoms with Gasteiger partial charge in [0.15, 0.2) is 0 Å². The van der Waals surface area contributed by atoms with Gasteiger partial charge in [-0.15, -0.1) is 0 Å². The van der Waals surface area contributed by atoms with Crippen LogP contribution in [0.2, 0.25) is 0 Å². The lowest BCUT2D eigenvalue weighted by atomic mass is 10.1. The monoisotopic (exact) mass is 260 g/mol. The van der Waals surface area contributed by atoms with Crippen molar-refractivity contribution in [3.8, 4) is 0 Å². The molecular weight excluding hydrogens is 240 g/mol. The van der Waals surface area contributed by atoms with Crippen molar-refractivity contribution in [1.29, 1.82) is 0 Å². The van der Waals surface area contributed by atoms with E-state index in [9.17, 15) is 14.4 Å². The van der Waals surface area contributed by atoms with Gasteiger partial charge in [-0.05, 0) is 27.2 Å². The molecule has 0 aromatic heterocycles. The van der Waals surface area contributed by atoms with Crippen LogP contribution in [0.1, 0.15) is 33.6 Å². The van der Waals surface area contributed by atoms with E-state index in [1.54, 1.807) is 20.8 Å². The van der Waals surface area contributed by atoms with Gasteiger partial charge in [0, 0.05) is 6.42 Å². The molecule has 0 aromatic carbocycles. The number of nitrogens with two attached hydrogens (primary N) is 1. The van der Waals surface area contributed by atoms with Crippen molar-refractivity contribution in [1.82, 2.24) is 5.32 Å². The zero-order chi connectivity index (χ0) is 14.3. The number of nitrogens with one attached hydrogen (secondary N) is 1. The largest absolute Gasteiger partial charge is 0.469 e. The van der Waals surface area contributed by atoms with Gasteiger partial charge in [-0.25, -0.2) is 4.79 Å². The zero-order valence-corrected chi connectivity index (χ0v) is 11.1. The normalized spacial score (nSPS) is 12.4. The predicted octanol–water partition coefficient (Wildman–Crippen LogP) is 0.318. The van der Waals surface area contributed by atoms with E-state index in [1.165, 1.54) is 7.11 Å². The summed E-state index contributed by atoms with van der Waals surface area (Å²) in [6, 6.07) is -0.959. The van der Waals surface area contributed by atoms with Crippen LogP contribution in [0.3, 0.4) is 0 Å².